The molecular formula is C16H19N3O2. The number of benzene rings is 1. The van der Waals surface area contributed by atoms with Crippen molar-refractivity contribution in [3.8, 4) is 5.69 Å². The van der Waals surface area contributed by atoms with Crippen molar-refractivity contribution in [2.75, 3.05) is 19.8 Å². The standard InChI is InChI=1S/C16H19N3O2/c20-16(17-8-5-13-6-10-21-12-13)14-3-1-4-15(11-14)19-9-2-7-18-19/h1-4,7,9,11,13H,5-6,8,10,12H2,(H,17,20). The molecule has 3 rings (SSSR count). The fraction of sp³-hybridized carbons (Fsp3) is 0.375. The second-order valence-corrected chi connectivity index (χ2v) is 5.28. The van der Waals surface area contributed by atoms with Gasteiger partial charge in [0.1, 0.15) is 0 Å². The first-order valence-corrected chi connectivity index (χ1v) is 7.29. The summed E-state index contributed by atoms with van der Waals surface area (Å²) in [4.78, 5) is 12.2. The maximum atomic E-state index is 12.2. The summed E-state index contributed by atoms with van der Waals surface area (Å²) < 4.78 is 7.08. The monoisotopic (exact) mass is 285 g/mol. The van der Waals surface area contributed by atoms with E-state index in [1.807, 2.05) is 36.5 Å². The predicted octanol–water partition coefficient (Wildman–Crippen LogP) is 2.03. The Morgan fingerprint density at radius 1 is 1.43 bits per heavy atom. The summed E-state index contributed by atoms with van der Waals surface area (Å²) in [5, 5.41) is 7.15. The number of ether oxygens (including phenoxy) is 1. The lowest BCUT2D eigenvalue weighted by atomic mass is 10.1. The Balaban J connectivity index is 1.58. The molecule has 1 aliphatic rings. The highest BCUT2D eigenvalue weighted by molar-refractivity contribution is 5.94. The van der Waals surface area contributed by atoms with Crippen molar-refractivity contribution in [2.45, 2.75) is 12.8 Å². The lowest BCUT2D eigenvalue weighted by Crippen LogP contribution is -2.26. The summed E-state index contributed by atoms with van der Waals surface area (Å²) in [6.07, 6.45) is 5.66. The molecule has 0 spiro atoms. The first-order chi connectivity index (χ1) is 10.3. The van der Waals surface area contributed by atoms with Crippen molar-refractivity contribution < 1.29 is 9.53 Å². The summed E-state index contributed by atoms with van der Waals surface area (Å²) in [6.45, 7) is 2.37. The Bertz CT molecular complexity index is 589. The average Bonchev–Trinajstić information content (AvgIpc) is 3.21. The quantitative estimate of drug-likeness (QED) is 0.914. The van der Waals surface area contributed by atoms with Crippen LogP contribution in [0, 0.1) is 5.92 Å². The third kappa shape index (κ3) is 3.49. The number of carbonyl (C=O) groups excluding carboxylic acids is 1. The van der Waals surface area contributed by atoms with Crippen LogP contribution in [0.25, 0.3) is 5.69 Å². The summed E-state index contributed by atoms with van der Waals surface area (Å²) in [5.74, 6) is 0.545. The second kappa shape index (κ2) is 6.54. The van der Waals surface area contributed by atoms with E-state index in [0.717, 1.165) is 31.7 Å². The van der Waals surface area contributed by atoms with Gasteiger partial charge in [-0.2, -0.15) is 5.10 Å². The van der Waals surface area contributed by atoms with Gasteiger partial charge in [0.15, 0.2) is 0 Å². The Kier molecular flexibility index (Phi) is 4.31. The number of amides is 1. The molecule has 2 aromatic rings. The van der Waals surface area contributed by atoms with Gasteiger partial charge in [-0.25, -0.2) is 4.68 Å². The zero-order valence-corrected chi connectivity index (χ0v) is 11.9. The number of rotatable bonds is 5. The highest BCUT2D eigenvalue weighted by Gasteiger charge is 2.15. The fourth-order valence-electron chi connectivity index (χ4n) is 2.51. The zero-order chi connectivity index (χ0) is 14.5. The Morgan fingerprint density at radius 3 is 3.14 bits per heavy atom. The molecule has 0 aliphatic carbocycles. The van der Waals surface area contributed by atoms with Crippen LogP contribution in [-0.2, 0) is 4.74 Å². The van der Waals surface area contributed by atoms with Crippen LogP contribution in [-0.4, -0.2) is 35.4 Å². The minimum Gasteiger partial charge on any atom is -0.381 e. The lowest BCUT2D eigenvalue weighted by Gasteiger charge is -2.09. The molecular weight excluding hydrogens is 266 g/mol. The molecule has 1 fully saturated rings. The van der Waals surface area contributed by atoms with Crippen LogP contribution in [0.3, 0.4) is 0 Å². The fourth-order valence-corrected chi connectivity index (χ4v) is 2.51. The smallest absolute Gasteiger partial charge is 0.251 e. The Labute approximate surface area is 123 Å². The van der Waals surface area contributed by atoms with E-state index < -0.39 is 0 Å². The van der Waals surface area contributed by atoms with Crippen molar-refractivity contribution in [2.24, 2.45) is 5.92 Å². The summed E-state index contributed by atoms with van der Waals surface area (Å²) in [6, 6.07) is 9.33. The van der Waals surface area contributed by atoms with Gasteiger partial charge >= 0.3 is 0 Å². The van der Waals surface area contributed by atoms with E-state index in [0.29, 0.717) is 18.0 Å². The van der Waals surface area contributed by atoms with E-state index in [9.17, 15) is 4.79 Å². The van der Waals surface area contributed by atoms with Gasteiger partial charge in [-0.1, -0.05) is 6.07 Å². The van der Waals surface area contributed by atoms with Crippen molar-refractivity contribution in [1.82, 2.24) is 15.1 Å². The minimum atomic E-state index is -0.0390. The largest absolute Gasteiger partial charge is 0.381 e. The SMILES string of the molecule is O=C(NCCC1CCOC1)c1cccc(-n2cccn2)c1. The Morgan fingerprint density at radius 2 is 2.38 bits per heavy atom. The molecule has 1 amide bonds. The average molecular weight is 285 g/mol. The molecule has 2 heterocycles. The summed E-state index contributed by atoms with van der Waals surface area (Å²) >= 11 is 0. The van der Waals surface area contributed by atoms with Crippen molar-refractivity contribution in [1.29, 1.82) is 0 Å². The van der Waals surface area contributed by atoms with Crippen molar-refractivity contribution >= 4 is 5.91 Å². The molecule has 1 aliphatic heterocycles. The van der Waals surface area contributed by atoms with Gasteiger partial charge in [0, 0.05) is 37.7 Å². The minimum absolute atomic E-state index is 0.0390. The third-order valence-corrected chi connectivity index (χ3v) is 3.74. The molecule has 1 N–H and O–H groups in total. The molecule has 0 bridgehead atoms. The van der Waals surface area contributed by atoms with Crippen LogP contribution in [0.5, 0.6) is 0 Å². The topological polar surface area (TPSA) is 56.1 Å². The number of aromatic nitrogens is 2. The number of nitrogens with zero attached hydrogens (tertiary/aromatic N) is 2. The molecule has 110 valence electrons. The lowest BCUT2D eigenvalue weighted by molar-refractivity contribution is 0.0950. The van der Waals surface area contributed by atoms with E-state index in [4.69, 9.17) is 4.74 Å². The van der Waals surface area contributed by atoms with Crippen LogP contribution < -0.4 is 5.32 Å². The van der Waals surface area contributed by atoms with E-state index in [2.05, 4.69) is 10.4 Å². The second-order valence-electron chi connectivity index (χ2n) is 5.28. The van der Waals surface area contributed by atoms with Gasteiger partial charge in [-0.05, 0) is 43.0 Å². The molecule has 1 atom stereocenters. The highest BCUT2D eigenvalue weighted by Crippen LogP contribution is 2.15. The molecule has 1 aromatic carbocycles. The number of hydrogen-bond donors (Lipinski definition) is 1. The van der Waals surface area contributed by atoms with E-state index in [1.54, 1.807) is 10.9 Å². The zero-order valence-electron chi connectivity index (χ0n) is 11.9. The van der Waals surface area contributed by atoms with Gasteiger partial charge in [0.2, 0.25) is 0 Å². The van der Waals surface area contributed by atoms with Crippen LogP contribution in [0.4, 0.5) is 0 Å². The predicted molar refractivity (Wildman–Crippen MR) is 79.4 cm³/mol. The van der Waals surface area contributed by atoms with Gasteiger partial charge in [-0.15, -0.1) is 0 Å². The van der Waals surface area contributed by atoms with Crippen LogP contribution in [0.1, 0.15) is 23.2 Å². The van der Waals surface area contributed by atoms with Gasteiger partial charge < -0.3 is 10.1 Å². The maximum absolute atomic E-state index is 12.2. The third-order valence-electron chi connectivity index (χ3n) is 3.74. The van der Waals surface area contributed by atoms with Crippen LogP contribution >= 0.6 is 0 Å². The summed E-state index contributed by atoms with van der Waals surface area (Å²) in [5.41, 5.74) is 1.54. The maximum Gasteiger partial charge on any atom is 0.251 e. The molecule has 1 saturated heterocycles. The molecule has 5 nitrogen and oxygen atoms in total. The summed E-state index contributed by atoms with van der Waals surface area (Å²) in [7, 11) is 0. The van der Waals surface area contributed by atoms with Crippen molar-refractivity contribution in [3.05, 3.63) is 48.3 Å². The van der Waals surface area contributed by atoms with Gasteiger partial charge in [0.05, 0.1) is 5.69 Å². The van der Waals surface area contributed by atoms with Crippen molar-refractivity contribution in [3.63, 3.8) is 0 Å². The molecule has 0 saturated carbocycles. The van der Waals surface area contributed by atoms with E-state index in [1.165, 1.54) is 0 Å². The van der Waals surface area contributed by atoms with Gasteiger partial charge in [-0.3, -0.25) is 4.79 Å². The van der Waals surface area contributed by atoms with E-state index in [-0.39, 0.29) is 5.91 Å². The first kappa shape index (κ1) is 13.8. The normalized spacial score (nSPS) is 17.8. The van der Waals surface area contributed by atoms with E-state index >= 15 is 0 Å². The van der Waals surface area contributed by atoms with Crippen LogP contribution in [0.15, 0.2) is 42.7 Å². The number of carbonyl (C=O) groups is 1. The molecule has 5 heteroatoms. The molecule has 21 heavy (non-hydrogen) atoms. The van der Waals surface area contributed by atoms with Crippen LogP contribution in [0.2, 0.25) is 0 Å². The number of hydrogen-bond acceptors (Lipinski definition) is 3. The molecule has 0 radical (unpaired) electrons. The Hall–Kier alpha value is -2.14. The number of nitrogens with one attached hydrogen (secondary N) is 1. The first-order valence-electron chi connectivity index (χ1n) is 7.29. The highest BCUT2D eigenvalue weighted by atomic mass is 16.5. The van der Waals surface area contributed by atoms with Gasteiger partial charge in [0.25, 0.3) is 5.91 Å². The molecule has 1 unspecified atom stereocenters. The molecule has 1 aromatic heterocycles.